The highest BCUT2D eigenvalue weighted by atomic mass is 35.5. The molecule has 0 aromatic heterocycles. The van der Waals surface area contributed by atoms with E-state index in [2.05, 4.69) is 0 Å². The van der Waals surface area contributed by atoms with E-state index in [9.17, 15) is 31.7 Å². The molecule has 0 unspecified atom stereocenters. The van der Waals surface area contributed by atoms with E-state index in [1.165, 1.54) is 0 Å². The standard InChI is InChI=1S/C13H16F3N3O4S.ClH/c14-13(15,16)11-7-10(19(20)21)1-2-12(11)24(22,23)18-5-3-9(8-17)4-6-18;/h1-2,7,9H,3-6,8,17H2;1H. The molecule has 1 saturated heterocycles. The Morgan fingerprint density at radius 1 is 1.28 bits per heavy atom. The Balaban J connectivity index is 0.00000312. The van der Waals surface area contributed by atoms with E-state index in [1.54, 1.807) is 0 Å². The van der Waals surface area contributed by atoms with Gasteiger partial charge in [-0.1, -0.05) is 0 Å². The van der Waals surface area contributed by atoms with Crippen molar-refractivity contribution in [2.45, 2.75) is 23.9 Å². The Labute approximate surface area is 148 Å². The van der Waals surface area contributed by atoms with E-state index in [0.717, 1.165) is 10.4 Å². The number of alkyl halides is 3. The Kier molecular flexibility index (Phi) is 6.79. The van der Waals surface area contributed by atoms with E-state index in [1.807, 2.05) is 0 Å². The van der Waals surface area contributed by atoms with Gasteiger partial charge >= 0.3 is 6.18 Å². The number of nitro groups is 1. The largest absolute Gasteiger partial charge is 0.417 e. The van der Waals surface area contributed by atoms with Gasteiger partial charge in [-0.05, 0) is 31.4 Å². The number of sulfonamides is 1. The van der Waals surface area contributed by atoms with Crippen LogP contribution in [0.5, 0.6) is 0 Å². The number of hydrogen-bond acceptors (Lipinski definition) is 5. The van der Waals surface area contributed by atoms with E-state index < -0.39 is 37.3 Å². The Morgan fingerprint density at radius 2 is 1.84 bits per heavy atom. The molecule has 1 aromatic carbocycles. The number of non-ortho nitro benzene ring substituents is 1. The number of rotatable bonds is 4. The number of halogens is 4. The summed E-state index contributed by atoms with van der Waals surface area (Å²) >= 11 is 0. The second-order valence-corrected chi connectivity index (χ2v) is 7.42. The minimum absolute atomic E-state index is 0. The van der Waals surface area contributed by atoms with Crippen molar-refractivity contribution in [2.75, 3.05) is 19.6 Å². The van der Waals surface area contributed by atoms with Crippen LogP contribution in [0.2, 0.25) is 0 Å². The van der Waals surface area contributed by atoms with Gasteiger partial charge in [-0.15, -0.1) is 12.4 Å². The van der Waals surface area contributed by atoms with Gasteiger partial charge in [0.25, 0.3) is 5.69 Å². The fraction of sp³-hybridized carbons (Fsp3) is 0.538. The Hall–Kier alpha value is -1.43. The van der Waals surface area contributed by atoms with Crippen molar-refractivity contribution in [3.05, 3.63) is 33.9 Å². The zero-order valence-electron chi connectivity index (χ0n) is 12.9. The molecule has 142 valence electrons. The zero-order valence-corrected chi connectivity index (χ0v) is 14.5. The van der Waals surface area contributed by atoms with E-state index in [4.69, 9.17) is 5.73 Å². The molecule has 0 saturated carbocycles. The highest BCUT2D eigenvalue weighted by Gasteiger charge is 2.41. The molecule has 2 N–H and O–H groups in total. The third kappa shape index (κ3) is 4.60. The van der Waals surface area contributed by atoms with Crippen LogP contribution in [0.3, 0.4) is 0 Å². The Bertz CT molecular complexity index is 735. The first-order valence-corrected chi connectivity index (χ1v) is 8.57. The van der Waals surface area contributed by atoms with Crippen molar-refractivity contribution in [3.63, 3.8) is 0 Å². The van der Waals surface area contributed by atoms with Crippen LogP contribution in [-0.2, 0) is 16.2 Å². The molecule has 0 aliphatic carbocycles. The highest BCUT2D eigenvalue weighted by molar-refractivity contribution is 7.89. The van der Waals surface area contributed by atoms with Gasteiger partial charge < -0.3 is 5.73 Å². The summed E-state index contributed by atoms with van der Waals surface area (Å²) in [4.78, 5) is 8.71. The van der Waals surface area contributed by atoms with Crippen LogP contribution < -0.4 is 5.73 Å². The SMILES string of the molecule is Cl.NCC1CCN(S(=O)(=O)c2ccc([N+](=O)[O-])cc2C(F)(F)F)CC1. The van der Waals surface area contributed by atoms with Crippen molar-refractivity contribution in [1.82, 2.24) is 4.31 Å². The zero-order chi connectivity index (χ0) is 18.1. The van der Waals surface area contributed by atoms with Crippen LogP contribution in [0.4, 0.5) is 18.9 Å². The number of benzene rings is 1. The molecule has 1 aliphatic rings. The van der Waals surface area contributed by atoms with E-state index >= 15 is 0 Å². The first kappa shape index (κ1) is 21.6. The molecule has 7 nitrogen and oxygen atoms in total. The quantitative estimate of drug-likeness (QED) is 0.613. The number of nitrogens with two attached hydrogens (primary N) is 1. The summed E-state index contributed by atoms with van der Waals surface area (Å²) in [7, 11) is -4.40. The summed E-state index contributed by atoms with van der Waals surface area (Å²) in [5.41, 5.74) is 3.17. The van der Waals surface area contributed by atoms with Crippen molar-refractivity contribution in [3.8, 4) is 0 Å². The average molecular weight is 404 g/mol. The molecule has 0 atom stereocenters. The van der Waals surface area contributed by atoms with Crippen LogP contribution in [0.1, 0.15) is 18.4 Å². The second-order valence-electron chi connectivity index (χ2n) is 5.52. The normalized spacial score (nSPS) is 17.1. The van der Waals surface area contributed by atoms with Crippen LogP contribution >= 0.6 is 12.4 Å². The third-order valence-corrected chi connectivity index (χ3v) is 5.96. The van der Waals surface area contributed by atoms with Gasteiger partial charge in [0.05, 0.1) is 15.4 Å². The minimum atomic E-state index is -5.02. The molecule has 25 heavy (non-hydrogen) atoms. The summed E-state index contributed by atoms with van der Waals surface area (Å²) < 4.78 is 65.6. The topological polar surface area (TPSA) is 107 Å². The predicted octanol–water partition coefficient (Wildman–Crippen LogP) is 2.39. The van der Waals surface area contributed by atoms with Crippen molar-refractivity contribution >= 4 is 28.1 Å². The minimum Gasteiger partial charge on any atom is -0.330 e. The fourth-order valence-corrected chi connectivity index (χ4v) is 4.26. The molecule has 0 radical (unpaired) electrons. The van der Waals surface area contributed by atoms with Gasteiger partial charge in [-0.25, -0.2) is 8.42 Å². The predicted molar refractivity (Wildman–Crippen MR) is 85.9 cm³/mol. The molecule has 0 amide bonds. The van der Waals surface area contributed by atoms with Crippen LogP contribution in [0.15, 0.2) is 23.1 Å². The van der Waals surface area contributed by atoms with Crippen molar-refractivity contribution in [2.24, 2.45) is 11.7 Å². The maximum atomic E-state index is 13.2. The van der Waals surface area contributed by atoms with Gasteiger partial charge in [0.15, 0.2) is 0 Å². The van der Waals surface area contributed by atoms with Crippen molar-refractivity contribution in [1.29, 1.82) is 0 Å². The van der Waals surface area contributed by atoms with Crippen LogP contribution in [0, 0.1) is 16.0 Å². The molecule has 0 bridgehead atoms. The summed E-state index contributed by atoms with van der Waals surface area (Å²) in [5, 5.41) is 10.7. The lowest BCUT2D eigenvalue weighted by Crippen LogP contribution is -2.40. The van der Waals surface area contributed by atoms with Crippen LogP contribution in [-0.4, -0.2) is 37.3 Å². The number of piperidine rings is 1. The summed E-state index contributed by atoms with van der Waals surface area (Å²) in [5.74, 6) is 0.135. The van der Waals surface area contributed by atoms with Gasteiger partial charge in [0, 0.05) is 25.2 Å². The monoisotopic (exact) mass is 403 g/mol. The lowest BCUT2D eigenvalue weighted by atomic mass is 9.99. The maximum Gasteiger partial charge on any atom is 0.417 e. The lowest BCUT2D eigenvalue weighted by Gasteiger charge is -2.31. The first-order valence-electron chi connectivity index (χ1n) is 7.13. The Morgan fingerprint density at radius 3 is 2.28 bits per heavy atom. The highest BCUT2D eigenvalue weighted by Crippen LogP contribution is 2.38. The number of nitro benzene ring substituents is 1. The molecule has 2 rings (SSSR count). The number of hydrogen-bond donors (Lipinski definition) is 1. The molecular weight excluding hydrogens is 387 g/mol. The van der Waals surface area contributed by atoms with E-state index in [0.29, 0.717) is 25.5 Å². The second kappa shape index (κ2) is 7.85. The van der Waals surface area contributed by atoms with Gasteiger partial charge in [0.1, 0.15) is 0 Å². The van der Waals surface area contributed by atoms with Crippen molar-refractivity contribution < 1.29 is 26.5 Å². The van der Waals surface area contributed by atoms with E-state index in [-0.39, 0.29) is 37.5 Å². The summed E-state index contributed by atoms with van der Waals surface area (Å²) in [6.07, 6.45) is -4.10. The molecule has 1 aromatic rings. The molecule has 1 fully saturated rings. The number of nitrogens with zero attached hydrogens (tertiary/aromatic N) is 2. The molecular formula is C13H17ClF3N3O4S. The molecule has 0 spiro atoms. The summed E-state index contributed by atoms with van der Waals surface area (Å²) in [6, 6.07) is 1.65. The molecule has 1 heterocycles. The molecule has 1 aliphatic heterocycles. The maximum absolute atomic E-state index is 13.2. The average Bonchev–Trinajstić information content (AvgIpc) is 2.53. The lowest BCUT2D eigenvalue weighted by molar-refractivity contribution is -0.385. The first-order chi connectivity index (χ1) is 11.1. The van der Waals surface area contributed by atoms with Gasteiger partial charge in [0.2, 0.25) is 10.0 Å². The van der Waals surface area contributed by atoms with Gasteiger partial charge in [-0.2, -0.15) is 17.5 Å². The fourth-order valence-electron chi connectivity index (χ4n) is 2.60. The third-order valence-electron chi connectivity index (χ3n) is 4.00. The molecule has 12 heteroatoms. The smallest absolute Gasteiger partial charge is 0.330 e. The van der Waals surface area contributed by atoms with Gasteiger partial charge in [-0.3, -0.25) is 10.1 Å². The summed E-state index contributed by atoms with van der Waals surface area (Å²) in [6.45, 7) is 0.524. The van der Waals surface area contributed by atoms with Crippen LogP contribution in [0.25, 0.3) is 0 Å².